The Hall–Kier alpha value is -1.22. The van der Waals surface area contributed by atoms with Crippen molar-refractivity contribution in [2.24, 2.45) is 10.8 Å². The second kappa shape index (κ2) is 2.13. The molecule has 0 amide bonds. The highest BCUT2D eigenvalue weighted by molar-refractivity contribution is 6.30. The molecule has 0 bridgehead atoms. The van der Waals surface area contributed by atoms with Crippen LogP contribution in [0.1, 0.15) is 0 Å². The molecule has 55 valence electrons. The number of fused-ring (bicyclic) bond motifs is 1. The Balaban J connectivity index is 2.91. The molecule has 0 aliphatic carbocycles. The number of nitrogens with two attached hydrogens (primary N) is 1. The van der Waals surface area contributed by atoms with Crippen molar-refractivity contribution in [2.75, 3.05) is 0 Å². The molecule has 11 heavy (non-hydrogen) atoms. The maximum absolute atomic E-state index is 5.74. The van der Waals surface area contributed by atoms with Crippen molar-refractivity contribution >= 4 is 17.4 Å². The fraction of sp³-hybridized carbons (Fsp3) is 0. The van der Waals surface area contributed by atoms with Gasteiger partial charge in [0.05, 0.1) is 5.36 Å². The summed E-state index contributed by atoms with van der Waals surface area (Å²) < 4.78 is 0. The quantitative estimate of drug-likeness (QED) is 0.556. The van der Waals surface area contributed by atoms with Gasteiger partial charge in [0.1, 0.15) is 0 Å². The molecule has 1 aromatic carbocycles. The molecule has 0 aromatic heterocycles. The Bertz CT molecular complexity index is 410. The van der Waals surface area contributed by atoms with E-state index in [1.807, 2.05) is 0 Å². The van der Waals surface area contributed by atoms with Crippen molar-refractivity contribution in [1.29, 1.82) is 0 Å². The first kappa shape index (κ1) is 6.49. The lowest BCUT2D eigenvalue weighted by molar-refractivity contribution is 0.937. The average molecular weight is 167 g/mol. The third-order valence-corrected chi connectivity index (χ3v) is 1.74. The Kier molecular flexibility index (Phi) is 1.26. The van der Waals surface area contributed by atoms with Gasteiger partial charge in [-0.15, -0.1) is 10.5 Å². The molecule has 0 fully saturated rings. The van der Waals surface area contributed by atoms with Gasteiger partial charge in [0.25, 0.3) is 0 Å². The van der Waals surface area contributed by atoms with E-state index in [9.17, 15) is 0 Å². The highest BCUT2D eigenvalue weighted by atomic mass is 35.5. The number of rotatable bonds is 0. The molecule has 3 nitrogen and oxygen atoms in total. The summed E-state index contributed by atoms with van der Waals surface area (Å²) in [7, 11) is 0. The van der Waals surface area contributed by atoms with E-state index in [-0.39, 0.29) is 0 Å². The van der Waals surface area contributed by atoms with Gasteiger partial charge < -0.3 is 5.73 Å². The van der Waals surface area contributed by atoms with Crippen LogP contribution in [0.25, 0.3) is 5.82 Å². The fourth-order valence-corrected chi connectivity index (χ4v) is 1.13. The largest absolute Gasteiger partial charge is 0.382 e. The van der Waals surface area contributed by atoms with Gasteiger partial charge >= 0.3 is 0 Å². The van der Waals surface area contributed by atoms with Gasteiger partial charge in [-0.25, -0.2) is 0 Å². The number of benzene rings is 1. The summed E-state index contributed by atoms with van der Waals surface area (Å²) in [5, 5.41) is 6.08. The predicted octanol–water partition coefficient (Wildman–Crippen LogP) is -0.483. The maximum Gasteiger partial charge on any atom is 0.155 e. The molecule has 1 aliphatic heterocycles. The highest BCUT2D eigenvalue weighted by Gasteiger charge is 2.02. The summed E-state index contributed by atoms with van der Waals surface area (Å²) in [6.07, 6.45) is 0. The molecule has 0 saturated heterocycles. The molecule has 1 aromatic rings. The Morgan fingerprint density at radius 2 is 2.18 bits per heavy atom. The topological polar surface area (TPSA) is 52.5 Å². The Labute approximate surface area is 68.2 Å². The SMILES string of the molecule is NC1=c2cc(Cl)ccc2=N[N]1. The average Bonchev–Trinajstić information content (AvgIpc) is 2.33. The van der Waals surface area contributed by atoms with Crippen molar-refractivity contribution < 1.29 is 0 Å². The summed E-state index contributed by atoms with van der Waals surface area (Å²) in [5.74, 6) is 0.433. The monoisotopic (exact) mass is 166 g/mol. The highest BCUT2D eigenvalue weighted by Crippen LogP contribution is 2.00. The van der Waals surface area contributed by atoms with Crippen LogP contribution in [-0.2, 0) is 0 Å². The third kappa shape index (κ3) is 0.935. The predicted molar refractivity (Wildman–Crippen MR) is 42.0 cm³/mol. The van der Waals surface area contributed by atoms with Crippen molar-refractivity contribution in [2.45, 2.75) is 0 Å². The Morgan fingerprint density at radius 1 is 1.36 bits per heavy atom. The van der Waals surface area contributed by atoms with Crippen LogP contribution in [0.4, 0.5) is 0 Å². The van der Waals surface area contributed by atoms with E-state index in [2.05, 4.69) is 10.5 Å². The summed E-state index contributed by atoms with van der Waals surface area (Å²) in [4.78, 5) is 0. The number of hydrogen-bond donors (Lipinski definition) is 1. The third-order valence-electron chi connectivity index (χ3n) is 1.50. The zero-order valence-corrected chi connectivity index (χ0v) is 6.34. The first-order valence-corrected chi connectivity index (χ1v) is 3.49. The van der Waals surface area contributed by atoms with Crippen LogP contribution in [0.3, 0.4) is 0 Å². The normalized spacial score (nSPS) is 13.7. The smallest absolute Gasteiger partial charge is 0.155 e. The fourth-order valence-electron chi connectivity index (χ4n) is 0.962. The molecule has 0 unspecified atom stereocenters. The number of nitrogens with zero attached hydrogens (tertiary/aromatic N) is 2. The summed E-state index contributed by atoms with van der Waals surface area (Å²) in [5.41, 5.74) is 9.22. The Morgan fingerprint density at radius 3 is 3.00 bits per heavy atom. The van der Waals surface area contributed by atoms with E-state index >= 15 is 0 Å². The first-order chi connectivity index (χ1) is 5.27. The minimum atomic E-state index is 0.433. The molecule has 1 heterocycles. The van der Waals surface area contributed by atoms with Crippen LogP contribution < -0.4 is 21.7 Å². The van der Waals surface area contributed by atoms with Crippen LogP contribution >= 0.6 is 11.6 Å². The van der Waals surface area contributed by atoms with Crippen molar-refractivity contribution in [3.8, 4) is 0 Å². The lowest BCUT2D eigenvalue weighted by Gasteiger charge is -1.86. The van der Waals surface area contributed by atoms with Gasteiger partial charge in [0.2, 0.25) is 0 Å². The number of hydrogen-bond acceptors (Lipinski definition) is 2. The van der Waals surface area contributed by atoms with Crippen LogP contribution in [-0.4, -0.2) is 0 Å². The molecule has 0 atom stereocenters. The molecule has 4 heteroatoms. The summed E-state index contributed by atoms with van der Waals surface area (Å²) >= 11 is 5.74. The van der Waals surface area contributed by atoms with Gasteiger partial charge in [-0.1, -0.05) is 11.6 Å². The van der Waals surface area contributed by atoms with E-state index in [0.29, 0.717) is 10.8 Å². The van der Waals surface area contributed by atoms with Gasteiger partial charge in [-0.3, -0.25) is 0 Å². The molecular weight excluding hydrogens is 162 g/mol. The van der Waals surface area contributed by atoms with Gasteiger partial charge in [-0.2, -0.15) is 0 Å². The maximum atomic E-state index is 5.74. The minimum Gasteiger partial charge on any atom is -0.382 e. The lowest BCUT2D eigenvalue weighted by Crippen LogP contribution is -2.25. The molecule has 0 saturated carbocycles. The zero-order valence-electron chi connectivity index (χ0n) is 5.58. The van der Waals surface area contributed by atoms with Gasteiger partial charge in [0, 0.05) is 10.2 Å². The summed E-state index contributed by atoms with van der Waals surface area (Å²) in [6, 6.07) is 5.31. The van der Waals surface area contributed by atoms with E-state index in [1.54, 1.807) is 18.2 Å². The van der Waals surface area contributed by atoms with Crippen LogP contribution in [0.2, 0.25) is 5.02 Å². The van der Waals surface area contributed by atoms with Crippen LogP contribution in [0.15, 0.2) is 23.3 Å². The molecule has 1 radical (unpaired) electrons. The van der Waals surface area contributed by atoms with Crippen molar-refractivity contribution in [1.82, 2.24) is 5.43 Å². The second-order valence-electron chi connectivity index (χ2n) is 2.25. The molecular formula is C7H5ClN3. The standard InChI is InChI=1S/C7H5ClN3/c8-4-1-2-6-5(3-4)7(9)11-10-6/h1-3H,9H2. The van der Waals surface area contributed by atoms with Crippen molar-refractivity contribution in [3.63, 3.8) is 0 Å². The molecule has 2 N–H and O–H groups in total. The summed E-state index contributed by atoms with van der Waals surface area (Å²) in [6.45, 7) is 0. The molecule has 1 aliphatic rings. The second-order valence-corrected chi connectivity index (χ2v) is 2.68. The van der Waals surface area contributed by atoms with Crippen LogP contribution in [0, 0.1) is 0 Å². The molecule has 0 spiro atoms. The molecule has 2 rings (SSSR count). The van der Waals surface area contributed by atoms with Gasteiger partial charge in [0.15, 0.2) is 5.82 Å². The van der Waals surface area contributed by atoms with E-state index in [0.717, 1.165) is 10.6 Å². The van der Waals surface area contributed by atoms with E-state index in [4.69, 9.17) is 17.3 Å². The zero-order chi connectivity index (χ0) is 7.84. The number of halogens is 1. The van der Waals surface area contributed by atoms with E-state index < -0.39 is 0 Å². The lowest BCUT2D eigenvalue weighted by atomic mass is 10.3. The minimum absolute atomic E-state index is 0.433. The van der Waals surface area contributed by atoms with Crippen molar-refractivity contribution in [3.05, 3.63) is 33.8 Å². The van der Waals surface area contributed by atoms with Gasteiger partial charge in [-0.05, 0) is 18.2 Å². The first-order valence-electron chi connectivity index (χ1n) is 3.11. The van der Waals surface area contributed by atoms with Crippen LogP contribution in [0.5, 0.6) is 0 Å². The van der Waals surface area contributed by atoms with E-state index in [1.165, 1.54) is 0 Å².